The van der Waals surface area contributed by atoms with Crippen molar-refractivity contribution >= 4 is 33.2 Å². The van der Waals surface area contributed by atoms with Crippen molar-refractivity contribution in [3.8, 4) is 17.6 Å². The van der Waals surface area contributed by atoms with Crippen LogP contribution in [0.15, 0.2) is 58.7 Å². The van der Waals surface area contributed by atoms with Gasteiger partial charge in [0.2, 0.25) is 6.79 Å². The number of anilines is 2. The molecule has 120 valence electrons. The minimum atomic E-state index is -0.493. The summed E-state index contributed by atoms with van der Waals surface area (Å²) < 4.78 is 11.4. The Bertz CT molecular complexity index is 841. The van der Waals surface area contributed by atoms with Crippen LogP contribution in [-0.2, 0) is 4.79 Å². The first-order valence-electron chi connectivity index (χ1n) is 6.99. The summed E-state index contributed by atoms with van der Waals surface area (Å²) in [6, 6.07) is 14.2. The van der Waals surface area contributed by atoms with Crippen molar-refractivity contribution in [3.63, 3.8) is 0 Å². The summed E-state index contributed by atoms with van der Waals surface area (Å²) in [7, 11) is 0. The molecule has 0 saturated carbocycles. The molecule has 24 heavy (non-hydrogen) atoms. The Labute approximate surface area is 146 Å². The van der Waals surface area contributed by atoms with Gasteiger partial charge < -0.3 is 20.1 Å². The maximum Gasteiger partial charge on any atom is 0.267 e. The van der Waals surface area contributed by atoms with E-state index in [2.05, 4.69) is 26.6 Å². The van der Waals surface area contributed by atoms with E-state index in [0.717, 1.165) is 4.47 Å². The smallest absolute Gasteiger partial charge is 0.267 e. The highest BCUT2D eigenvalue weighted by molar-refractivity contribution is 9.10. The molecule has 1 heterocycles. The predicted molar refractivity (Wildman–Crippen MR) is 92.7 cm³/mol. The predicted octanol–water partition coefficient (Wildman–Crippen LogP) is 3.64. The number of rotatable bonds is 4. The molecule has 7 heteroatoms. The average molecular weight is 386 g/mol. The second-order valence-electron chi connectivity index (χ2n) is 4.84. The Kier molecular flexibility index (Phi) is 4.68. The number of amides is 1. The Morgan fingerprint density at radius 2 is 1.83 bits per heavy atom. The fraction of sp³-hybridized carbons (Fsp3) is 0.0588. The van der Waals surface area contributed by atoms with E-state index in [-0.39, 0.29) is 12.4 Å². The van der Waals surface area contributed by atoms with E-state index in [1.165, 1.54) is 6.20 Å². The Hall–Kier alpha value is -2.98. The van der Waals surface area contributed by atoms with Gasteiger partial charge in [0.25, 0.3) is 5.91 Å². The van der Waals surface area contributed by atoms with Crippen molar-refractivity contribution in [1.29, 1.82) is 5.26 Å². The van der Waals surface area contributed by atoms with E-state index in [4.69, 9.17) is 9.47 Å². The molecule has 6 nitrogen and oxygen atoms in total. The molecule has 0 aromatic heterocycles. The standard InChI is InChI=1S/C17H12BrN3O3/c18-12-1-3-13(4-2-12)21-17(22)11(8-19)9-20-14-5-6-15-16(7-14)24-10-23-15/h1-7,9,20H,10H2,(H,21,22)/b11-9-. The summed E-state index contributed by atoms with van der Waals surface area (Å²) >= 11 is 3.32. The molecule has 1 aliphatic heterocycles. The van der Waals surface area contributed by atoms with Gasteiger partial charge in [0, 0.05) is 28.1 Å². The van der Waals surface area contributed by atoms with Crippen LogP contribution in [0.1, 0.15) is 0 Å². The van der Waals surface area contributed by atoms with Gasteiger partial charge in [0.15, 0.2) is 11.5 Å². The van der Waals surface area contributed by atoms with E-state index in [0.29, 0.717) is 22.9 Å². The molecule has 2 aromatic rings. The third-order valence-corrected chi connectivity index (χ3v) is 3.75. The van der Waals surface area contributed by atoms with Crippen molar-refractivity contribution in [2.24, 2.45) is 0 Å². The maximum atomic E-state index is 12.1. The lowest BCUT2D eigenvalue weighted by Gasteiger charge is -2.06. The van der Waals surface area contributed by atoms with Crippen LogP contribution in [-0.4, -0.2) is 12.7 Å². The number of carbonyl (C=O) groups is 1. The van der Waals surface area contributed by atoms with E-state index < -0.39 is 5.91 Å². The average Bonchev–Trinajstić information content (AvgIpc) is 3.05. The van der Waals surface area contributed by atoms with Gasteiger partial charge >= 0.3 is 0 Å². The molecule has 2 N–H and O–H groups in total. The zero-order chi connectivity index (χ0) is 16.9. The van der Waals surface area contributed by atoms with E-state index in [1.54, 1.807) is 42.5 Å². The molecular weight excluding hydrogens is 374 g/mol. The van der Waals surface area contributed by atoms with Crippen molar-refractivity contribution in [2.45, 2.75) is 0 Å². The summed E-state index contributed by atoms with van der Waals surface area (Å²) in [4.78, 5) is 12.1. The first-order valence-corrected chi connectivity index (χ1v) is 7.78. The Morgan fingerprint density at radius 3 is 2.58 bits per heavy atom. The first kappa shape index (κ1) is 15.9. The Balaban J connectivity index is 1.68. The number of hydrogen-bond donors (Lipinski definition) is 2. The fourth-order valence-electron chi connectivity index (χ4n) is 2.02. The van der Waals surface area contributed by atoms with E-state index in [9.17, 15) is 10.1 Å². The van der Waals surface area contributed by atoms with Crippen molar-refractivity contribution in [1.82, 2.24) is 0 Å². The molecule has 0 spiro atoms. The van der Waals surface area contributed by atoms with Gasteiger partial charge in [-0.25, -0.2) is 0 Å². The summed E-state index contributed by atoms with van der Waals surface area (Å²) in [6.07, 6.45) is 1.35. The summed E-state index contributed by atoms with van der Waals surface area (Å²) in [6.45, 7) is 0.188. The number of hydrogen-bond acceptors (Lipinski definition) is 5. The third kappa shape index (κ3) is 3.67. The summed E-state index contributed by atoms with van der Waals surface area (Å²) in [5, 5.41) is 14.8. The minimum Gasteiger partial charge on any atom is -0.454 e. The fourth-order valence-corrected chi connectivity index (χ4v) is 2.29. The largest absolute Gasteiger partial charge is 0.454 e. The lowest BCUT2D eigenvalue weighted by Crippen LogP contribution is -2.14. The number of nitrogens with one attached hydrogen (secondary N) is 2. The van der Waals surface area contributed by atoms with E-state index >= 15 is 0 Å². The van der Waals surface area contributed by atoms with Crippen LogP contribution in [0.3, 0.4) is 0 Å². The van der Waals surface area contributed by atoms with E-state index in [1.807, 2.05) is 6.07 Å². The zero-order valence-corrected chi connectivity index (χ0v) is 14.0. The first-order chi connectivity index (χ1) is 11.7. The Morgan fingerprint density at radius 1 is 1.12 bits per heavy atom. The molecule has 0 aliphatic carbocycles. The molecule has 3 rings (SSSR count). The minimum absolute atomic E-state index is 0.0458. The number of nitriles is 1. The summed E-state index contributed by atoms with van der Waals surface area (Å²) in [5.41, 5.74) is 1.24. The maximum absolute atomic E-state index is 12.1. The number of carbonyl (C=O) groups excluding carboxylic acids is 1. The SMILES string of the molecule is N#C/C(=C/Nc1ccc2c(c1)OCO2)C(=O)Nc1ccc(Br)cc1. The van der Waals surface area contributed by atoms with Gasteiger partial charge in [0.1, 0.15) is 11.6 Å². The monoisotopic (exact) mass is 385 g/mol. The summed E-state index contributed by atoms with van der Waals surface area (Å²) in [5.74, 6) is 0.789. The van der Waals surface area contributed by atoms with Crippen LogP contribution in [0.4, 0.5) is 11.4 Å². The number of halogens is 1. The lowest BCUT2D eigenvalue weighted by molar-refractivity contribution is -0.112. The molecule has 0 saturated heterocycles. The molecular formula is C17H12BrN3O3. The zero-order valence-electron chi connectivity index (χ0n) is 12.4. The molecule has 1 aliphatic rings. The van der Waals surface area contributed by atoms with Crippen LogP contribution in [0, 0.1) is 11.3 Å². The third-order valence-electron chi connectivity index (χ3n) is 3.22. The van der Waals surface area contributed by atoms with Crippen LogP contribution < -0.4 is 20.1 Å². The molecule has 1 amide bonds. The number of ether oxygens (including phenoxy) is 2. The van der Waals surface area contributed by atoms with Gasteiger partial charge in [-0.2, -0.15) is 5.26 Å². The lowest BCUT2D eigenvalue weighted by atomic mass is 10.2. The quantitative estimate of drug-likeness (QED) is 0.619. The molecule has 0 bridgehead atoms. The highest BCUT2D eigenvalue weighted by Gasteiger charge is 2.13. The second kappa shape index (κ2) is 7.06. The van der Waals surface area contributed by atoms with Gasteiger partial charge in [-0.05, 0) is 36.4 Å². The van der Waals surface area contributed by atoms with Crippen LogP contribution in [0.25, 0.3) is 0 Å². The van der Waals surface area contributed by atoms with Crippen LogP contribution in [0.2, 0.25) is 0 Å². The van der Waals surface area contributed by atoms with Crippen molar-refractivity contribution in [3.05, 3.63) is 58.7 Å². The molecule has 2 aromatic carbocycles. The molecule has 0 radical (unpaired) electrons. The molecule has 0 atom stereocenters. The van der Waals surface area contributed by atoms with Crippen LogP contribution >= 0.6 is 15.9 Å². The van der Waals surface area contributed by atoms with Gasteiger partial charge in [0.05, 0.1) is 0 Å². The molecule has 0 unspecified atom stereocenters. The second-order valence-corrected chi connectivity index (χ2v) is 5.76. The van der Waals surface area contributed by atoms with Gasteiger partial charge in [-0.15, -0.1) is 0 Å². The normalized spacial score (nSPS) is 12.4. The number of fused-ring (bicyclic) bond motifs is 1. The van der Waals surface area contributed by atoms with Gasteiger partial charge in [-0.3, -0.25) is 4.79 Å². The number of benzene rings is 2. The highest BCUT2D eigenvalue weighted by atomic mass is 79.9. The number of nitrogens with zero attached hydrogens (tertiary/aromatic N) is 1. The van der Waals surface area contributed by atoms with Crippen molar-refractivity contribution in [2.75, 3.05) is 17.4 Å². The van der Waals surface area contributed by atoms with Gasteiger partial charge in [-0.1, -0.05) is 15.9 Å². The highest BCUT2D eigenvalue weighted by Crippen LogP contribution is 2.34. The topological polar surface area (TPSA) is 83.4 Å². The molecule has 0 fully saturated rings. The van der Waals surface area contributed by atoms with Crippen LogP contribution in [0.5, 0.6) is 11.5 Å². The van der Waals surface area contributed by atoms with Crippen molar-refractivity contribution < 1.29 is 14.3 Å².